The van der Waals surface area contributed by atoms with Gasteiger partial charge in [0.2, 0.25) is 0 Å². The van der Waals surface area contributed by atoms with E-state index in [0.29, 0.717) is 35.3 Å². The van der Waals surface area contributed by atoms with E-state index >= 15 is 0 Å². The van der Waals surface area contributed by atoms with Crippen molar-refractivity contribution in [3.8, 4) is 12.1 Å². The quantitative estimate of drug-likeness (QED) is 0.660. The number of benzene rings is 2. The van der Waals surface area contributed by atoms with Crippen LogP contribution in [0.5, 0.6) is 0 Å². The van der Waals surface area contributed by atoms with Crippen molar-refractivity contribution in [3.63, 3.8) is 0 Å². The molecule has 2 aromatic carbocycles. The first-order valence-corrected chi connectivity index (χ1v) is 8.99. The molecule has 0 spiro atoms. The molecule has 0 aliphatic heterocycles. The smallest absolute Gasteiger partial charge is 0.140 e. The Morgan fingerprint density at radius 3 is 2.24 bits per heavy atom. The van der Waals surface area contributed by atoms with Crippen molar-refractivity contribution in [1.82, 2.24) is 0 Å². The number of nitrogens with zero attached hydrogens (tertiary/aromatic N) is 2. The number of hydrogen-bond acceptors (Lipinski definition) is 3. The van der Waals surface area contributed by atoms with Gasteiger partial charge in [-0.05, 0) is 42.2 Å². The van der Waals surface area contributed by atoms with Crippen LogP contribution in [0.4, 0.5) is 8.78 Å². The molecule has 5 heteroatoms. The summed E-state index contributed by atoms with van der Waals surface area (Å²) in [6, 6.07) is 9.94. The first-order chi connectivity index (χ1) is 12.1. The molecule has 0 N–H and O–H groups in total. The molecule has 0 radical (unpaired) electrons. The lowest BCUT2D eigenvalue weighted by molar-refractivity contribution is 0.545. The molecular weight excluding hydrogens is 338 g/mol. The molecule has 25 heavy (non-hydrogen) atoms. The van der Waals surface area contributed by atoms with Crippen molar-refractivity contribution in [2.24, 2.45) is 0 Å². The van der Waals surface area contributed by atoms with Crippen molar-refractivity contribution in [1.29, 1.82) is 10.5 Å². The van der Waals surface area contributed by atoms with Gasteiger partial charge in [-0.25, -0.2) is 8.78 Å². The van der Waals surface area contributed by atoms with Crippen LogP contribution in [-0.2, 0) is 12.8 Å². The Hall–Kier alpha value is -2.37. The summed E-state index contributed by atoms with van der Waals surface area (Å²) in [5.74, 6) is -0.841. The Kier molecular flexibility index (Phi) is 6.56. The van der Waals surface area contributed by atoms with E-state index in [0.717, 1.165) is 18.2 Å². The molecule has 0 aliphatic rings. The molecule has 0 heterocycles. The largest absolute Gasteiger partial charge is 0.207 e. The topological polar surface area (TPSA) is 47.6 Å². The molecule has 0 atom stereocenters. The van der Waals surface area contributed by atoms with Crippen LogP contribution in [0, 0.1) is 34.3 Å². The van der Waals surface area contributed by atoms with Crippen LogP contribution >= 0.6 is 11.8 Å². The minimum atomic E-state index is -0.428. The van der Waals surface area contributed by atoms with Gasteiger partial charge in [-0.3, -0.25) is 0 Å². The molecule has 0 aliphatic carbocycles. The average molecular weight is 356 g/mol. The van der Waals surface area contributed by atoms with E-state index in [1.54, 1.807) is 12.1 Å². The minimum absolute atomic E-state index is 0.146. The maximum Gasteiger partial charge on any atom is 0.140 e. The van der Waals surface area contributed by atoms with Crippen LogP contribution in [0.1, 0.15) is 48.9 Å². The highest BCUT2D eigenvalue weighted by Crippen LogP contribution is 2.36. The third kappa shape index (κ3) is 4.00. The van der Waals surface area contributed by atoms with E-state index < -0.39 is 11.6 Å². The molecule has 0 bridgehead atoms. The van der Waals surface area contributed by atoms with Gasteiger partial charge in [0.25, 0.3) is 0 Å². The zero-order valence-electron chi connectivity index (χ0n) is 14.2. The van der Waals surface area contributed by atoms with Gasteiger partial charge in [0.1, 0.15) is 23.8 Å². The number of hydrogen-bond donors (Lipinski definition) is 0. The molecule has 0 saturated heterocycles. The summed E-state index contributed by atoms with van der Waals surface area (Å²) < 4.78 is 29.5. The highest BCUT2D eigenvalue weighted by molar-refractivity contribution is 7.99. The van der Waals surface area contributed by atoms with Gasteiger partial charge < -0.3 is 0 Å². The standard InChI is InChI=1S/C20H18F2N2S/c1-3-6-14-15(7-4-2)20(22)19(10-17(14)21)25-18-9-5-8-13(11-23)16(18)12-24/h5,8-10H,3-4,6-7H2,1-2H3. The maximum absolute atomic E-state index is 15.0. The van der Waals surface area contributed by atoms with Gasteiger partial charge in [0, 0.05) is 4.90 Å². The van der Waals surface area contributed by atoms with Crippen molar-refractivity contribution in [3.05, 3.63) is 58.2 Å². The zero-order chi connectivity index (χ0) is 18.4. The minimum Gasteiger partial charge on any atom is -0.207 e. The maximum atomic E-state index is 15.0. The second-order valence-corrected chi connectivity index (χ2v) is 6.72. The highest BCUT2D eigenvalue weighted by atomic mass is 32.2. The molecular formula is C20H18F2N2S. The molecule has 0 unspecified atom stereocenters. The third-order valence-corrected chi connectivity index (χ3v) is 4.95. The Morgan fingerprint density at radius 2 is 1.64 bits per heavy atom. The summed E-state index contributed by atoms with van der Waals surface area (Å²) in [4.78, 5) is 0.595. The fourth-order valence-electron chi connectivity index (χ4n) is 2.74. The second kappa shape index (κ2) is 8.65. The van der Waals surface area contributed by atoms with Crippen LogP contribution in [0.25, 0.3) is 0 Å². The monoisotopic (exact) mass is 356 g/mol. The van der Waals surface area contributed by atoms with Crippen molar-refractivity contribution < 1.29 is 8.78 Å². The van der Waals surface area contributed by atoms with Crippen molar-refractivity contribution >= 4 is 11.8 Å². The van der Waals surface area contributed by atoms with E-state index in [4.69, 9.17) is 5.26 Å². The molecule has 0 aromatic heterocycles. The van der Waals surface area contributed by atoms with Gasteiger partial charge in [-0.1, -0.05) is 44.5 Å². The van der Waals surface area contributed by atoms with E-state index in [1.807, 2.05) is 26.0 Å². The fraction of sp³-hybridized carbons (Fsp3) is 0.300. The Bertz CT molecular complexity index is 863. The second-order valence-electron chi connectivity index (χ2n) is 5.63. The predicted molar refractivity (Wildman–Crippen MR) is 94.3 cm³/mol. The van der Waals surface area contributed by atoms with E-state index in [1.165, 1.54) is 12.1 Å². The summed E-state index contributed by atoms with van der Waals surface area (Å²) in [5, 5.41) is 18.4. The van der Waals surface area contributed by atoms with E-state index in [-0.39, 0.29) is 16.0 Å². The van der Waals surface area contributed by atoms with Gasteiger partial charge in [-0.2, -0.15) is 10.5 Å². The Labute approximate surface area is 151 Å². The average Bonchev–Trinajstić information content (AvgIpc) is 2.62. The molecule has 0 fully saturated rings. The van der Waals surface area contributed by atoms with Gasteiger partial charge >= 0.3 is 0 Å². The summed E-state index contributed by atoms with van der Waals surface area (Å²) >= 11 is 0.987. The molecule has 128 valence electrons. The van der Waals surface area contributed by atoms with Crippen LogP contribution < -0.4 is 0 Å². The summed E-state index contributed by atoms with van der Waals surface area (Å²) in [6.07, 6.45) is 2.42. The SMILES string of the molecule is CCCc1c(F)cc(Sc2cccc(C#N)c2C#N)c(F)c1CCC. The fourth-order valence-corrected chi connectivity index (χ4v) is 3.76. The molecule has 2 rings (SSSR count). The molecule has 2 nitrogen and oxygen atoms in total. The first-order valence-electron chi connectivity index (χ1n) is 8.18. The zero-order valence-corrected chi connectivity index (χ0v) is 15.0. The van der Waals surface area contributed by atoms with Gasteiger partial charge in [0.05, 0.1) is 16.0 Å². The van der Waals surface area contributed by atoms with Crippen molar-refractivity contribution in [2.45, 2.75) is 49.3 Å². The van der Waals surface area contributed by atoms with Crippen LogP contribution in [0.3, 0.4) is 0 Å². The van der Waals surface area contributed by atoms with Crippen LogP contribution in [-0.4, -0.2) is 0 Å². The summed E-state index contributed by atoms with van der Waals surface area (Å²) in [7, 11) is 0. The summed E-state index contributed by atoms with van der Waals surface area (Å²) in [5.41, 5.74) is 1.27. The van der Waals surface area contributed by atoms with Gasteiger partial charge in [-0.15, -0.1) is 0 Å². The van der Waals surface area contributed by atoms with E-state index in [9.17, 15) is 14.0 Å². The van der Waals surface area contributed by atoms with Gasteiger partial charge in [0.15, 0.2) is 0 Å². The van der Waals surface area contributed by atoms with E-state index in [2.05, 4.69) is 0 Å². The third-order valence-electron chi connectivity index (χ3n) is 3.87. The first kappa shape index (κ1) is 19.0. The highest BCUT2D eigenvalue weighted by Gasteiger charge is 2.19. The Balaban J connectivity index is 2.55. The van der Waals surface area contributed by atoms with Crippen molar-refractivity contribution in [2.75, 3.05) is 0 Å². The van der Waals surface area contributed by atoms with Crippen LogP contribution in [0.15, 0.2) is 34.1 Å². The molecule has 2 aromatic rings. The Morgan fingerprint density at radius 1 is 0.960 bits per heavy atom. The lowest BCUT2D eigenvalue weighted by Gasteiger charge is -2.15. The number of halogens is 2. The number of rotatable bonds is 6. The normalized spacial score (nSPS) is 10.3. The lowest BCUT2D eigenvalue weighted by atomic mass is 9.98. The molecule has 0 amide bonds. The lowest BCUT2D eigenvalue weighted by Crippen LogP contribution is -2.04. The van der Waals surface area contributed by atoms with Crippen LogP contribution in [0.2, 0.25) is 0 Å². The molecule has 0 saturated carbocycles. The predicted octanol–water partition coefficient (Wildman–Crippen LogP) is 5.76. The summed E-state index contributed by atoms with van der Waals surface area (Å²) in [6.45, 7) is 3.86. The number of nitriles is 2.